The van der Waals surface area contributed by atoms with Crippen LogP contribution in [0.4, 0.5) is 0 Å². The van der Waals surface area contributed by atoms with Gasteiger partial charge in [-0.05, 0) is 37.5 Å². The van der Waals surface area contributed by atoms with E-state index in [1.165, 1.54) is 19.3 Å². The first kappa shape index (κ1) is 11.8. The summed E-state index contributed by atoms with van der Waals surface area (Å²) in [6.07, 6.45) is 8.71. The fourth-order valence-electron chi connectivity index (χ4n) is 2.77. The molecule has 1 N–H and O–H groups in total. The van der Waals surface area contributed by atoms with Crippen LogP contribution < -0.4 is 0 Å². The van der Waals surface area contributed by atoms with Crippen LogP contribution >= 0.6 is 0 Å². The molecule has 0 amide bonds. The Kier molecular flexibility index (Phi) is 4.18. The van der Waals surface area contributed by atoms with Crippen molar-refractivity contribution in [3.8, 4) is 0 Å². The van der Waals surface area contributed by atoms with Crippen LogP contribution in [0.15, 0.2) is 12.7 Å². The Bertz CT molecular complexity index is 188. The van der Waals surface area contributed by atoms with Crippen LogP contribution in [0.2, 0.25) is 0 Å². The average Bonchev–Trinajstić information content (AvgIpc) is 2.49. The minimum atomic E-state index is -0.554. The second kappa shape index (κ2) is 4.97. The van der Waals surface area contributed by atoms with Crippen molar-refractivity contribution in [2.45, 2.75) is 58.0 Å². The molecule has 82 valence electrons. The van der Waals surface area contributed by atoms with Crippen LogP contribution in [-0.4, -0.2) is 10.7 Å². The van der Waals surface area contributed by atoms with Gasteiger partial charge in [-0.3, -0.25) is 0 Å². The van der Waals surface area contributed by atoms with Gasteiger partial charge < -0.3 is 5.11 Å². The number of aliphatic hydroxyl groups is 1. The van der Waals surface area contributed by atoms with Crippen molar-refractivity contribution in [3.05, 3.63) is 12.7 Å². The molecule has 1 heteroatoms. The van der Waals surface area contributed by atoms with Crippen LogP contribution in [0.1, 0.15) is 52.4 Å². The maximum atomic E-state index is 10.3. The fourth-order valence-corrected chi connectivity index (χ4v) is 2.77. The van der Waals surface area contributed by atoms with Gasteiger partial charge in [0.2, 0.25) is 0 Å². The third-order valence-electron chi connectivity index (χ3n) is 3.66. The second-order valence-corrected chi connectivity index (χ2v) is 4.91. The summed E-state index contributed by atoms with van der Waals surface area (Å²) < 4.78 is 0. The molecule has 3 atom stereocenters. The van der Waals surface area contributed by atoms with E-state index in [0.717, 1.165) is 25.2 Å². The predicted molar refractivity (Wildman–Crippen MR) is 61.2 cm³/mol. The number of hydrogen-bond donors (Lipinski definition) is 1. The summed E-state index contributed by atoms with van der Waals surface area (Å²) in [5.74, 6) is 1.20. The van der Waals surface area contributed by atoms with Gasteiger partial charge in [0.25, 0.3) is 0 Å². The van der Waals surface area contributed by atoms with E-state index in [-0.39, 0.29) is 0 Å². The minimum Gasteiger partial charge on any atom is -0.386 e. The molecule has 0 aromatic rings. The minimum absolute atomic E-state index is 0.460. The molecule has 0 saturated heterocycles. The van der Waals surface area contributed by atoms with Crippen molar-refractivity contribution < 1.29 is 5.11 Å². The maximum absolute atomic E-state index is 10.3. The highest BCUT2D eigenvalue weighted by Gasteiger charge is 2.38. The van der Waals surface area contributed by atoms with E-state index >= 15 is 0 Å². The van der Waals surface area contributed by atoms with Crippen LogP contribution in [0.3, 0.4) is 0 Å². The van der Waals surface area contributed by atoms with E-state index in [1.807, 2.05) is 0 Å². The standard InChI is InChI=1S/C13H24O/c1-4-7-11(3)10-12-8-6-9-13(12,14)5-2/h5,11-12,14H,2,4,6-10H2,1,3H3. The zero-order chi connectivity index (χ0) is 10.6. The predicted octanol–water partition coefficient (Wildman–Crippen LogP) is 3.53. The van der Waals surface area contributed by atoms with Gasteiger partial charge in [0, 0.05) is 0 Å². The van der Waals surface area contributed by atoms with Crippen molar-refractivity contribution in [1.82, 2.24) is 0 Å². The molecule has 0 radical (unpaired) electrons. The molecule has 0 bridgehead atoms. The van der Waals surface area contributed by atoms with Gasteiger partial charge in [0.15, 0.2) is 0 Å². The van der Waals surface area contributed by atoms with Gasteiger partial charge in [-0.15, -0.1) is 6.58 Å². The van der Waals surface area contributed by atoms with E-state index < -0.39 is 5.60 Å². The van der Waals surface area contributed by atoms with Gasteiger partial charge in [0.1, 0.15) is 0 Å². The number of rotatable bonds is 5. The first-order chi connectivity index (χ1) is 6.62. The fraction of sp³-hybridized carbons (Fsp3) is 0.846. The third-order valence-corrected chi connectivity index (χ3v) is 3.66. The van der Waals surface area contributed by atoms with Gasteiger partial charge in [-0.1, -0.05) is 32.8 Å². The highest BCUT2D eigenvalue weighted by Crippen LogP contribution is 2.40. The smallest absolute Gasteiger partial charge is 0.0853 e. The highest BCUT2D eigenvalue weighted by molar-refractivity contribution is 5.04. The topological polar surface area (TPSA) is 20.2 Å². The Morgan fingerprint density at radius 1 is 1.64 bits per heavy atom. The largest absolute Gasteiger partial charge is 0.386 e. The first-order valence-corrected chi connectivity index (χ1v) is 5.98. The van der Waals surface area contributed by atoms with E-state index in [2.05, 4.69) is 20.4 Å². The van der Waals surface area contributed by atoms with Gasteiger partial charge in [-0.25, -0.2) is 0 Å². The summed E-state index contributed by atoms with van der Waals surface area (Å²) >= 11 is 0. The summed E-state index contributed by atoms with van der Waals surface area (Å²) in [7, 11) is 0. The summed E-state index contributed by atoms with van der Waals surface area (Å²) in [4.78, 5) is 0. The molecule has 1 aliphatic rings. The van der Waals surface area contributed by atoms with Crippen molar-refractivity contribution in [2.24, 2.45) is 11.8 Å². The Hall–Kier alpha value is -0.300. The van der Waals surface area contributed by atoms with Crippen LogP contribution in [-0.2, 0) is 0 Å². The molecule has 14 heavy (non-hydrogen) atoms. The SMILES string of the molecule is C=CC1(O)CCCC1CC(C)CCC. The van der Waals surface area contributed by atoms with Crippen molar-refractivity contribution in [2.75, 3.05) is 0 Å². The Morgan fingerprint density at radius 3 is 2.93 bits per heavy atom. The lowest BCUT2D eigenvalue weighted by Crippen LogP contribution is -2.31. The van der Waals surface area contributed by atoms with Crippen LogP contribution in [0.25, 0.3) is 0 Å². The molecule has 0 aromatic carbocycles. The van der Waals surface area contributed by atoms with Crippen molar-refractivity contribution in [1.29, 1.82) is 0 Å². The summed E-state index contributed by atoms with van der Waals surface area (Å²) in [6.45, 7) is 8.29. The molecule has 1 rings (SSSR count). The third kappa shape index (κ3) is 2.60. The molecule has 0 aromatic heterocycles. The zero-order valence-corrected chi connectivity index (χ0v) is 9.63. The van der Waals surface area contributed by atoms with E-state index in [9.17, 15) is 5.11 Å². The van der Waals surface area contributed by atoms with E-state index in [4.69, 9.17) is 0 Å². The lowest BCUT2D eigenvalue weighted by atomic mass is 9.83. The lowest BCUT2D eigenvalue weighted by molar-refractivity contribution is 0.0407. The van der Waals surface area contributed by atoms with E-state index in [0.29, 0.717) is 5.92 Å². The molecule has 1 aliphatic carbocycles. The molecule has 3 unspecified atom stereocenters. The molecule has 0 heterocycles. The summed E-state index contributed by atoms with van der Waals surface area (Å²) in [5, 5.41) is 10.3. The highest BCUT2D eigenvalue weighted by atomic mass is 16.3. The number of hydrogen-bond acceptors (Lipinski definition) is 1. The van der Waals surface area contributed by atoms with Crippen molar-refractivity contribution in [3.63, 3.8) is 0 Å². The first-order valence-electron chi connectivity index (χ1n) is 5.98. The normalized spacial score (nSPS) is 34.4. The Labute approximate surface area is 88.2 Å². The van der Waals surface area contributed by atoms with Crippen molar-refractivity contribution >= 4 is 0 Å². The monoisotopic (exact) mass is 196 g/mol. The van der Waals surface area contributed by atoms with Crippen LogP contribution in [0.5, 0.6) is 0 Å². The molecular weight excluding hydrogens is 172 g/mol. The zero-order valence-electron chi connectivity index (χ0n) is 9.63. The molecule has 1 saturated carbocycles. The maximum Gasteiger partial charge on any atom is 0.0853 e. The molecule has 0 aliphatic heterocycles. The second-order valence-electron chi connectivity index (χ2n) is 4.91. The van der Waals surface area contributed by atoms with E-state index in [1.54, 1.807) is 6.08 Å². The lowest BCUT2D eigenvalue weighted by Gasteiger charge is -2.28. The summed E-state index contributed by atoms with van der Waals surface area (Å²) in [6, 6.07) is 0. The quantitative estimate of drug-likeness (QED) is 0.667. The molecular formula is C13H24O. The average molecular weight is 196 g/mol. The van der Waals surface area contributed by atoms with Gasteiger partial charge >= 0.3 is 0 Å². The summed E-state index contributed by atoms with van der Waals surface area (Å²) in [5.41, 5.74) is -0.554. The van der Waals surface area contributed by atoms with Gasteiger partial charge in [-0.2, -0.15) is 0 Å². The Balaban J connectivity index is 2.47. The molecule has 0 spiro atoms. The van der Waals surface area contributed by atoms with Crippen LogP contribution in [0, 0.1) is 11.8 Å². The van der Waals surface area contributed by atoms with Gasteiger partial charge in [0.05, 0.1) is 5.60 Å². The molecule has 1 fully saturated rings. The molecule has 1 nitrogen and oxygen atoms in total. The Morgan fingerprint density at radius 2 is 2.36 bits per heavy atom.